The van der Waals surface area contributed by atoms with Gasteiger partial charge in [0, 0.05) is 29.6 Å². The summed E-state index contributed by atoms with van der Waals surface area (Å²) in [5.41, 5.74) is 1.05. The van der Waals surface area contributed by atoms with Gasteiger partial charge < -0.3 is 9.84 Å². The SMILES string of the molecule is Cc1cnc([C@@H](CO)CC(=O)c2c(C)nc3c(OCc4c(F)cccc4F)cccn23)s1. The summed E-state index contributed by atoms with van der Waals surface area (Å²) in [5.74, 6) is -1.69. The Morgan fingerprint density at radius 1 is 1.22 bits per heavy atom. The Labute approximate surface area is 187 Å². The fourth-order valence-electron chi connectivity index (χ4n) is 3.54. The van der Waals surface area contributed by atoms with Crippen LogP contribution in [0.25, 0.3) is 5.65 Å². The molecule has 0 aliphatic heterocycles. The monoisotopic (exact) mass is 457 g/mol. The van der Waals surface area contributed by atoms with Gasteiger partial charge in [0.25, 0.3) is 0 Å². The van der Waals surface area contributed by atoms with Gasteiger partial charge in [0.2, 0.25) is 0 Å². The van der Waals surface area contributed by atoms with Crippen LogP contribution in [0.1, 0.15) is 44.0 Å². The first kappa shape index (κ1) is 22.0. The molecule has 1 aromatic carbocycles. The Morgan fingerprint density at radius 3 is 2.62 bits per heavy atom. The smallest absolute Gasteiger partial charge is 0.182 e. The zero-order valence-electron chi connectivity index (χ0n) is 17.5. The largest absolute Gasteiger partial charge is 0.485 e. The molecule has 4 rings (SSSR count). The molecule has 0 spiro atoms. The molecule has 0 saturated heterocycles. The van der Waals surface area contributed by atoms with Crippen LogP contribution in [0.5, 0.6) is 5.75 Å². The van der Waals surface area contributed by atoms with E-state index < -0.39 is 17.6 Å². The predicted octanol–water partition coefficient (Wildman–Crippen LogP) is 4.61. The molecule has 0 unspecified atom stereocenters. The summed E-state index contributed by atoms with van der Waals surface area (Å²) in [6.45, 7) is 3.11. The van der Waals surface area contributed by atoms with Crippen molar-refractivity contribution < 1.29 is 23.4 Å². The van der Waals surface area contributed by atoms with E-state index in [1.54, 1.807) is 35.9 Å². The highest BCUT2D eigenvalue weighted by molar-refractivity contribution is 7.11. The van der Waals surface area contributed by atoms with Crippen LogP contribution in [0.3, 0.4) is 0 Å². The van der Waals surface area contributed by atoms with Crippen molar-refractivity contribution in [2.45, 2.75) is 32.8 Å². The Balaban J connectivity index is 1.61. The summed E-state index contributed by atoms with van der Waals surface area (Å²) < 4.78 is 35.1. The number of Topliss-reactive ketones (excluding diaryl/α,β-unsaturated/α-hetero) is 1. The van der Waals surface area contributed by atoms with Gasteiger partial charge in [-0.25, -0.2) is 18.7 Å². The summed E-state index contributed by atoms with van der Waals surface area (Å²) in [5, 5.41) is 10.5. The van der Waals surface area contributed by atoms with Gasteiger partial charge in [0.05, 0.1) is 22.9 Å². The number of fused-ring (bicyclic) bond motifs is 1. The normalized spacial score (nSPS) is 12.3. The summed E-state index contributed by atoms with van der Waals surface area (Å²) in [6.07, 6.45) is 3.47. The Bertz CT molecular complexity index is 1260. The lowest BCUT2D eigenvalue weighted by atomic mass is 10.0. The Kier molecular flexibility index (Phi) is 6.29. The highest BCUT2D eigenvalue weighted by atomic mass is 32.1. The van der Waals surface area contributed by atoms with Crippen LogP contribution in [0.2, 0.25) is 0 Å². The van der Waals surface area contributed by atoms with Crippen molar-refractivity contribution in [1.29, 1.82) is 0 Å². The number of carbonyl (C=O) groups excluding carboxylic acids is 1. The molecular formula is C23H21F2N3O3S. The van der Waals surface area contributed by atoms with Gasteiger partial charge in [0.15, 0.2) is 17.2 Å². The molecule has 0 bridgehead atoms. The molecular weight excluding hydrogens is 436 g/mol. The van der Waals surface area contributed by atoms with Crippen LogP contribution in [-0.4, -0.2) is 31.9 Å². The highest BCUT2D eigenvalue weighted by Crippen LogP contribution is 2.28. The maximum Gasteiger partial charge on any atom is 0.182 e. The second-order valence-electron chi connectivity index (χ2n) is 7.42. The van der Waals surface area contributed by atoms with Crippen LogP contribution in [0.4, 0.5) is 8.78 Å². The minimum atomic E-state index is -0.695. The molecule has 0 radical (unpaired) electrons. The standard InChI is InChI=1S/C23H21F2N3O3S/c1-13-10-26-23(32-13)15(11-29)9-19(30)21-14(2)27-22-20(7-4-8-28(21)22)31-12-16-17(24)5-3-6-18(16)25/h3-8,10,15,29H,9,11-12H2,1-2H3/t15-/m1/s1. The van der Waals surface area contributed by atoms with E-state index in [2.05, 4.69) is 9.97 Å². The number of carbonyl (C=O) groups is 1. The molecule has 9 heteroatoms. The number of aliphatic hydroxyl groups excluding tert-OH is 1. The van der Waals surface area contributed by atoms with Crippen molar-refractivity contribution in [1.82, 2.24) is 14.4 Å². The molecule has 4 aromatic rings. The second kappa shape index (κ2) is 9.13. The number of aryl methyl sites for hydroxylation is 2. The molecule has 166 valence electrons. The van der Waals surface area contributed by atoms with Gasteiger partial charge in [-0.05, 0) is 38.1 Å². The van der Waals surface area contributed by atoms with Crippen LogP contribution in [0, 0.1) is 25.5 Å². The van der Waals surface area contributed by atoms with Crippen molar-refractivity contribution >= 4 is 22.8 Å². The van der Waals surface area contributed by atoms with Crippen LogP contribution >= 0.6 is 11.3 Å². The molecule has 0 aliphatic rings. The molecule has 0 saturated carbocycles. The molecule has 0 aliphatic carbocycles. The first-order valence-corrected chi connectivity index (χ1v) is 10.8. The van der Waals surface area contributed by atoms with Crippen LogP contribution < -0.4 is 4.74 Å². The molecule has 6 nitrogen and oxygen atoms in total. The topological polar surface area (TPSA) is 76.7 Å². The molecule has 32 heavy (non-hydrogen) atoms. The fourth-order valence-corrected chi connectivity index (χ4v) is 4.40. The number of nitrogens with zero attached hydrogens (tertiary/aromatic N) is 3. The van der Waals surface area contributed by atoms with E-state index in [9.17, 15) is 18.7 Å². The zero-order valence-corrected chi connectivity index (χ0v) is 18.3. The molecule has 1 N–H and O–H groups in total. The van der Waals surface area contributed by atoms with Crippen molar-refractivity contribution in [3.05, 3.63) is 81.2 Å². The Morgan fingerprint density at radius 2 is 1.97 bits per heavy atom. The molecule has 0 fully saturated rings. The number of aromatic nitrogens is 3. The fraction of sp³-hybridized carbons (Fsp3) is 0.261. The summed E-state index contributed by atoms with van der Waals surface area (Å²) in [7, 11) is 0. The molecule has 3 heterocycles. The summed E-state index contributed by atoms with van der Waals surface area (Å²) >= 11 is 1.45. The number of thiazole rings is 1. The Hall–Kier alpha value is -3.17. The number of hydrogen-bond acceptors (Lipinski definition) is 6. The average Bonchev–Trinajstić information content (AvgIpc) is 3.34. The van der Waals surface area contributed by atoms with Gasteiger partial charge in [-0.3, -0.25) is 9.20 Å². The number of pyridine rings is 1. The van der Waals surface area contributed by atoms with Gasteiger partial charge in [0.1, 0.15) is 23.9 Å². The van der Waals surface area contributed by atoms with E-state index in [-0.39, 0.29) is 31.0 Å². The number of halogens is 2. The van der Waals surface area contributed by atoms with E-state index >= 15 is 0 Å². The lowest BCUT2D eigenvalue weighted by molar-refractivity contribution is 0.0953. The molecule has 3 aromatic heterocycles. The number of ketones is 1. The number of benzene rings is 1. The lowest BCUT2D eigenvalue weighted by Crippen LogP contribution is -2.13. The van der Waals surface area contributed by atoms with Gasteiger partial charge in [-0.15, -0.1) is 11.3 Å². The van der Waals surface area contributed by atoms with Crippen molar-refractivity contribution in [2.24, 2.45) is 0 Å². The third-order valence-corrected chi connectivity index (χ3v) is 6.20. The first-order valence-electron chi connectivity index (χ1n) is 9.98. The first-order chi connectivity index (χ1) is 15.4. The van der Waals surface area contributed by atoms with Crippen molar-refractivity contribution in [3.63, 3.8) is 0 Å². The van der Waals surface area contributed by atoms with Gasteiger partial charge in [-0.1, -0.05) is 6.07 Å². The van der Waals surface area contributed by atoms with E-state index in [1.807, 2.05) is 6.92 Å². The molecule has 1 atom stereocenters. The van der Waals surface area contributed by atoms with E-state index in [0.29, 0.717) is 27.8 Å². The average molecular weight is 458 g/mol. The zero-order chi connectivity index (χ0) is 22.8. The maximum absolute atomic E-state index is 13.9. The molecule has 0 amide bonds. The van der Waals surface area contributed by atoms with Crippen molar-refractivity contribution in [3.8, 4) is 5.75 Å². The minimum Gasteiger partial charge on any atom is -0.485 e. The van der Waals surface area contributed by atoms with Gasteiger partial charge >= 0.3 is 0 Å². The van der Waals surface area contributed by atoms with E-state index in [0.717, 1.165) is 4.88 Å². The maximum atomic E-state index is 13.9. The van der Waals surface area contributed by atoms with Crippen LogP contribution in [-0.2, 0) is 6.61 Å². The second-order valence-corrected chi connectivity index (χ2v) is 8.68. The van der Waals surface area contributed by atoms with E-state index in [1.165, 1.54) is 29.5 Å². The number of ether oxygens (including phenoxy) is 1. The number of hydrogen-bond donors (Lipinski definition) is 1. The quantitative estimate of drug-likeness (QED) is 0.391. The van der Waals surface area contributed by atoms with Crippen LogP contribution in [0.15, 0.2) is 42.7 Å². The summed E-state index contributed by atoms with van der Waals surface area (Å²) in [4.78, 5) is 22.9. The predicted molar refractivity (Wildman–Crippen MR) is 116 cm³/mol. The van der Waals surface area contributed by atoms with Gasteiger partial charge in [-0.2, -0.15) is 0 Å². The lowest BCUT2D eigenvalue weighted by Gasteiger charge is -2.11. The third kappa shape index (κ3) is 4.26. The third-order valence-electron chi connectivity index (χ3n) is 5.13. The van der Waals surface area contributed by atoms with E-state index in [4.69, 9.17) is 4.74 Å². The number of rotatable bonds is 8. The highest BCUT2D eigenvalue weighted by Gasteiger charge is 2.24. The summed E-state index contributed by atoms with van der Waals surface area (Å²) in [6, 6.07) is 6.92. The number of aliphatic hydroxyl groups is 1. The minimum absolute atomic E-state index is 0.0730. The number of imidazole rings is 1. The van der Waals surface area contributed by atoms with Crippen molar-refractivity contribution in [2.75, 3.05) is 6.61 Å².